The van der Waals surface area contributed by atoms with Gasteiger partial charge in [0.2, 0.25) is 5.88 Å². The molecule has 0 unspecified atom stereocenters. The Bertz CT molecular complexity index is 728. The van der Waals surface area contributed by atoms with Gasteiger partial charge in [-0.25, -0.2) is 17.5 Å². The monoisotopic (exact) mass is 348 g/mol. The Morgan fingerprint density at radius 3 is 2.58 bits per heavy atom. The number of rotatable bonds is 3. The Morgan fingerprint density at radius 1 is 1.37 bits per heavy atom. The lowest BCUT2D eigenvalue weighted by Crippen LogP contribution is -2.14. The summed E-state index contributed by atoms with van der Waals surface area (Å²) in [6.07, 6.45) is 0. The molecular weight excluding hydrogens is 339 g/mol. The molecule has 0 amide bonds. The van der Waals surface area contributed by atoms with Gasteiger partial charge in [0.1, 0.15) is 10.7 Å². The Kier molecular flexibility index (Phi) is 3.64. The van der Waals surface area contributed by atoms with Gasteiger partial charge in [-0.05, 0) is 32.0 Å². The minimum Gasteiger partial charge on any atom is -0.337 e. The maximum atomic E-state index is 13.7. The first kappa shape index (κ1) is 14.0. The van der Waals surface area contributed by atoms with Crippen LogP contribution in [0.1, 0.15) is 11.3 Å². The first-order chi connectivity index (χ1) is 8.81. The van der Waals surface area contributed by atoms with Crippen molar-refractivity contribution in [2.75, 3.05) is 4.72 Å². The van der Waals surface area contributed by atoms with Crippen LogP contribution in [-0.4, -0.2) is 13.6 Å². The molecule has 2 aromatic rings. The lowest BCUT2D eigenvalue weighted by atomic mass is 10.3. The van der Waals surface area contributed by atoms with E-state index in [4.69, 9.17) is 4.52 Å². The fourth-order valence-corrected chi connectivity index (χ4v) is 2.82. The van der Waals surface area contributed by atoms with Gasteiger partial charge >= 0.3 is 0 Å². The molecule has 1 N–H and O–H groups in total. The summed E-state index contributed by atoms with van der Waals surface area (Å²) in [6.45, 7) is 3.33. The first-order valence-electron chi connectivity index (χ1n) is 5.22. The third-order valence-electron chi connectivity index (χ3n) is 2.57. The molecule has 5 nitrogen and oxygen atoms in total. The highest BCUT2D eigenvalue weighted by Crippen LogP contribution is 2.24. The standard InChI is InChI=1S/C11H10BrFN2O3S/c1-6-7(2)14-18-11(6)15-19(16,17)10-4-3-8(12)5-9(10)13/h3-5,15H,1-2H3. The summed E-state index contributed by atoms with van der Waals surface area (Å²) >= 11 is 3.06. The van der Waals surface area contributed by atoms with E-state index in [0.717, 1.165) is 6.07 Å². The van der Waals surface area contributed by atoms with E-state index < -0.39 is 20.7 Å². The quantitative estimate of drug-likeness (QED) is 0.925. The van der Waals surface area contributed by atoms with Crippen LogP contribution in [0.25, 0.3) is 0 Å². The van der Waals surface area contributed by atoms with Crippen molar-refractivity contribution < 1.29 is 17.3 Å². The van der Waals surface area contributed by atoms with Crippen LogP contribution in [0.4, 0.5) is 10.3 Å². The second kappa shape index (κ2) is 4.93. The maximum absolute atomic E-state index is 13.7. The molecule has 0 saturated heterocycles. The number of benzene rings is 1. The molecule has 0 aliphatic heterocycles. The zero-order valence-corrected chi connectivity index (χ0v) is 12.5. The zero-order chi connectivity index (χ0) is 14.2. The average molecular weight is 349 g/mol. The summed E-state index contributed by atoms with van der Waals surface area (Å²) < 4.78 is 45.2. The van der Waals surface area contributed by atoms with Crippen molar-refractivity contribution in [2.45, 2.75) is 18.7 Å². The van der Waals surface area contributed by atoms with Gasteiger partial charge in [0.15, 0.2) is 0 Å². The smallest absolute Gasteiger partial charge is 0.267 e. The maximum Gasteiger partial charge on any atom is 0.267 e. The molecule has 0 spiro atoms. The molecule has 0 aliphatic carbocycles. The minimum absolute atomic E-state index is 0.0141. The van der Waals surface area contributed by atoms with Gasteiger partial charge in [-0.15, -0.1) is 0 Å². The number of nitrogens with zero attached hydrogens (tertiary/aromatic N) is 1. The van der Waals surface area contributed by atoms with Crippen LogP contribution in [0.15, 0.2) is 32.1 Å². The van der Waals surface area contributed by atoms with E-state index in [2.05, 4.69) is 25.8 Å². The van der Waals surface area contributed by atoms with Crippen LogP contribution in [0.2, 0.25) is 0 Å². The van der Waals surface area contributed by atoms with Crippen molar-refractivity contribution in [1.29, 1.82) is 0 Å². The van der Waals surface area contributed by atoms with Crippen molar-refractivity contribution in [3.8, 4) is 0 Å². The third-order valence-corrected chi connectivity index (χ3v) is 4.43. The highest BCUT2D eigenvalue weighted by atomic mass is 79.9. The number of hydrogen-bond acceptors (Lipinski definition) is 4. The summed E-state index contributed by atoms with van der Waals surface area (Å²) in [5.41, 5.74) is 1.12. The summed E-state index contributed by atoms with van der Waals surface area (Å²) in [4.78, 5) is -0.454. The molecule has 0 saturated carbocycles. The Labute approximate surface area is 118 Å². The third kappa shape index (κ3) is 2.79. The molecule has 0 radical (unpaired) electrons. The van der Waals surface area contributed by atoms with Gasteiger partial charge in [-0.3, -0.25) is 0 Å². The second-order valence-corrected chi connectivity index (χ2v) is 6.47. The molecule has 0 fully saturated rings. The normalized spacial score (nSPS) is 11.6. The first-order valence-corrected chi connectivity index (χ1v) is 7.49. The predicted octanol–water partition coefficient (Wildman–Crippen LogP) is 2.99. The van der Waals surface area contributed by atoms with Crippen LogP contribution in [-0.2, 0) is 10.0 Å². The number of anilines is 1. The van der Waals surface area contributed by atoms with Gasteiger partial charge < -0.3 is 4.52 Å². The molecule has 0 atom stereocenters. The summed E-state index contributed by atoms with van der Waals surface area (Å²) in [7, 11) is -4.05. The molecular formula is C11H10BrFN2O3S. The van der Waals surface area contributed by atoms with Crippen molar-refractivity contribution in [1.82, 2.24) is 5.16 Å². The molecule has 1 aromatic carbocycles. The summed E-state index contributed by atoms with van der Waals surface area (Å²) in [5, 5.41) is 3.63. The van der Waals surface area contributed by atoms with Crippen LogP contribution in [0, 0.1) is 19.7 Å². The second-order valence-electron chi connectivity index (χ2n) is 3.90. The Morgan fingerprint density at radius 2 is 2.05 bits per heavy atom. The molecule has 19 heavy (non-hydrogen) atoms. The largest absolute Gasteiger partial charge is 0.337 e. The topological polar surface area (TPSA) is 72.2 Å². The van der Waals surface area contributed by atoms with Gasteiger partial charge in [0.25, 0.3) is 10.0 Å². The van der Waals surface area contributed by atoms with Crippen molar-refractivity contribution in [3.05, 3.63) is 39.7 Å². The van der Waals surface area contributed by atoms with Crippen LogP contribution in [0.3, 0.4) is 0 Å². The van der Waals surface area contributed by atoms with Gasteiger partial charge in [0, 0.05) is 10.0 Å². The Hall–Kier alpha value is -1.41. The fraction of sp³-hybridized carbons (Fsp3) is 0.182. The van der Waals surface area contributed by atoms with Crippen LogP contribution < -0.4 is 4.72 Å². The van der Waals surface area contributed by atoms with E-state index in [-0.39, 0.29) is 5.88 Å². The molecule has 2 rings (SSSR count). The van der Waals surface area contributed by atoms with E-state index >= 15 is 0 Å². The highest BCUT2D eigenvalue weighted by molar-refractivity contribution is 9.10. The lowest BCUT2D eigenvalue weighted by Gasteiger charge is -2.06. The van der Waals surface area contributed by atoms with Crippen molar-refractivity contribution in [3.63, 3.8) is 0 Å². The van der Waals surface area contributed by atoms with E-state index in [1.54, 1.807) is 13.8 Å². The lowest BCUT2D eigenvalue weighted by molar-refractivity contribution is 0.430. The molecule has 1 aromatic heterocycles. The van der Waals surface area contributed by atoms with E-state index in [9.17, 15) is 12.8 Å². The number of halogens is 2. The van der Waals surface area contributed by atoms with E-state index in [1.165, 1.54) is 12.1 Å². The molecule has 8 heteroatoms. The Balaban J connectivity index is 2.41. The van der Waals surface area contributed by atoms with Gasteiger partial charge in [0.05, 0.1) is 5.69 Å². The number of aromatic nitrogens is 1. The van der Waals surface area contributed by atoms with Crippen LogP contribution in [0.5, 0.6) is 0 Å². The predicted molar refractivity (Wildman–Crippen MR) is 70.9 cm³/mol. The molecule has 102 valence electrons. The van der Waals surface area contributed by atoms with Crippen molar-refractivity contribution >= 4 is 31.8 Å². The van der Waals surface area contributed by atoms with Crippen molar-refractivity contribution in [2.24, 2.45) is 0 Å². The van der Waals surface area contributed by atoms with E-state index in [0.29, 0.717) is 15.7 Å². The fourth-order valence-electron chi connectivity index (χ4n) is 1.38. The number of sulfonamides is 1. The minimum atomic E-state index is -4.05. The molecule has 1 heterocycles. The number of nitrogens with one attached hydrogen (secondary N) is 1. The summed E-state index contributed by atoms with van der Waals surface area (Å²) in [5.74, 6) is -0.865. The highest BCUT2D eigenvalue weighted by Gasteiger charge is 2.22. The molecule has 0 aliphatic rings. The average Bonchev–Trinajstić information content (AvgIpc) is 2.60. The van der Waals surface area contributed by atoms with Crippen LogP contribution >= 0.6 is 15.9 Å². The number of aryl methyl sites for hydroxylation is 1. The number of hydrogen-bond donors (Lipinski definition) is 1. The van der Waals surface area contributed by atoms with Gasteiger partial charge in [-0.1, -0.05) is 21.1 Å². The SMILES string of the molecule is Cc1noc(NS(=O)(=O)c2ccc(Br)cc2F)c1C. The van der Waals surface area contributed by atoms with Gasteiger partial charge in [-0.2, -0.15) is 0 Å². The molecule has 0 bridgehead atoms. The van der Waals surface area contributed by atoms with E-state index in [1.807, 2.05) is 0 Å². The zero-order valence-electron chi connectivity index (χ0n) is 10.1. The summed E-state index contributed by atoms with van der Waals surface area (Å²) in [6, 6.07) is 3.68.